The second-order valence-electron chi connectivity index (χ2n) is 7.47. The quantitative estimate of drug-likeness (QED) is 0.497. The van der Waals surface area contributed by atoms with Gasteiger partial charge in [0.15, 0.2) is 5.82 Å². The van der Waals surface area contributed by atoms with E-state index in [1.807, 2.05) is 0 Å². The van der Waals surface area contributed by atoms with E-state index in [1.54, 1.807) is 36.4 Å². The van der Waals surface area contributed by atoms with Gasteiger partial charge in [0.25, 0.3) is 11.1 Å². The van der Waals surface area contributed by atoms with Crippen LogP contribution in [0.3, 0.4) is 0 Å². The zero-order chi connectivity index (χ0) is 22.2. The largest absolute Gasteiger partial charge is 0.430 e. The summed E-state index contributed by atoms with van der Waals surface area (Å²) in [6.07, 6.45) is 1.41. The van der Waals surface area contributed by atoms with E-state index >= 15 is 0 Å². The Bertz CT molecular complexity index is 1000. The molecular formula is C23H25FN4O3S. The molecule has 0 bridgehead atoms. The maximum absolute atomic E-state index is 13.0. The number of hydrogen-bond acceptors (Lipinski definition) is 7. The average molecular weight is 457 g/mol. The van der Waals surface area contributed by atoms with Gasteiger partial charge in [0.1, 0.15) is 11.6 Å². The van der Waals surface area contributed by atoms with Crippen LogP contribution < -0.4 is 10.1 Å². The van der Waals surface area contributed by atoms with Crippen molar-refractivity contribution in [2.45, 2.75) is 12.8 Å². The number of nitrogens with zero attached hydrogens (tertiary/aromatic N) is 3. The second-order valence-corrected chi connectivity index (χ2v) is 8.18. The van der Waals surface area contributed by atoms with Gasteiger partial charge < -0.3 is 14.8 Å². The first-order valence-electron chi connectivity index (χ1n) is 10.6. The van der Waals surface area contributed by atoms with E-state index in [2.05, 4.69) is 19.6 Å². The Kier molecular flexibility index (Phi) is 7.76. The summed E-state index contributed by atoms with van der Waals surface area (Å²) < 4.78 is 28.4. The molecule has 1 aliphatic heterocycles. The van der Waals surface area contributed by atoms with E-state index in [4.69, 9.17) is 9.47 Å². The first kappa shape index (κ1) is 22.3. The molecule has 32 heavy (non-hydrogen) atoms. The average Bonchev–Trinajstić information content (AvgIpc) is 3.26. The molecule has 1 fully saturated rings. The Balaban J connectivity index is 1.22. The number of rotatable bonds is 9. The van der Waals surface area contributed by atoms with Crippen LogP contribution in [0.5, 0.6) is 10.9 Å². The molecule has 1 aliphatic rings. The monoisotopic (exact) mass is 456 g/mol. The maximum atomic E-state index is 13.0. The lowest BCUT2D eigenvalue weighted by atomic mass is 10.1. The maximum Gasteiger partial charge on any atom is 0.298 e. The SMILES string of the molecule is O=C(NCCCN1CCOCC1)c1ccc(Oc2nc(Cc3ccc(F)cc3)ns2)cc1. The molecule has 3 aromatic rings. The fraction of sp³-hybridized carbons (Fsp3) is 0.348. The molecule has 1 N–H and O–H groups in total. The molecule has 0 atom stereocenters. The smallest absolute Gasteiger partial charge is 0.298 e. The summed E-state index contributed by atoms with van der Waals surface area (Å²) >= 11 is 1.15. The van der Waals surface area contributed by atoms with Crippen molar-refractivity contribution in [3.05, 3.63) is 71.3 Å². The molecule has 2 heterocycles. The highest BCUT2D eigenvalue weighted by Gasteiger charge is 2.11. The van der Waals surface area contributed by atoms with Crippen molar-refractivity contribution in [1.29, 1.82) is 0 Å². The number of aromatic nitrogens is 2. The molecule has 0 saturated carbocycles. The van der Waals surface area contributed by atoms with Gasteiger partial charge in [-0.15, -0.1) is 0 Å². The number of amides is 1. The van der Waals surface area contributed by atoms with Crippen molar-refractivity contribution < 1.29 is 18.7 Å². The minimum absolute atomic E-state index is 0.101. The topological polar surface area (TPSA) is 76.6 Å². The van der Waals surface area contributed by atoms with Crippen LogP contribution in [0.4, 0.5) is 4.39 Å². The van der Waals surface area contributed by atoms with Gasteiger partial charge in [-0.1, -0.05) is 12.1 Å². The summed E-state index contributed by atoms with van der Waals surface area (Å²) in [5, 5.41) is 3.38. The highest BCUT2D eigenvalue weighted by atomic mass is 32.1. The van der Waals surface area contributed by atoms with Crippen LogP contribution in [-0.4, -0.2) is 59.6 Å². The number of morpholine rings is 1. The molecule has 2 aromatic carbocycles. The molecule has 1 aromatic heterocycles. The molecule has 1 amide bonds. The van der Waals surface area contributed by atoms with E-state index in [1.165, 1.54) is 12.1 Å². The molecule has 0 spiro atoms. The molecule has 168 valence electrons. The lowest BCUT2D eigenvalue weighted by molar-refractivity contribution is 0.0374. The first-order chi connectivity index (χ1) is 15.7. The highest BCUT2D eigenvalue weighted by molar-refractivity contribution is 7.07. The number of hydrogen-bond donors (Lipinski definition) is 1. The van der Waals surface area contributed by atoms with Gasteiger partial charge in [0, 0.05) is 43.2 Å². The molecule has 9 heteroatoms. The molecule has 0 aliphatic carbocycles. The van der Waals surface area contributed by atoms with Crippen LogP contribution in [0, 0.1) is 5.82 Å². The number of halogens is 1. The summed E-state index contributed by atoms with van der Waals surface area (Å²) in [7, 11) is 0. The summed E-state index contributed by atoms with van der Waals surface area (Å²) in [6, 6.07) is 13.2. The minimum Gasteiger partial charge on any atom is -0.430 e. The zero-order valence-corrected chi connectivity index (χ0v) is 18.4. The number of nitrogens with one attached hydrogen (secondary N) is 1. The third-order valence-electron chi connectivity index (χ3n) is 5.09. The van der Waals surface area contributed by atoms with E-state index in [9.17, 15) is 9.18 Å². The zero-order valence-electron chi connectivity index (χ0n) is 17.6. The number of benzene rings is 2. The Hall–Kier alpha value is -2.88. The van der Waals surface area contributed by atoms with Crippen LogP contribution in [0.2, 0.25) is 0 Å². The van der Waals surface area contributed by atoms with Crippen LogP contribution in [0.15, 0.2) is 48.5 Å². The predicted octanol–water partition coefficient (Wildman–Crippen LogP) is 3.51. The normalized spacial score (nSPS) is 14.3. The van der Waals surface area contributed by atoms with Gasteiger partial charge in [-0.05, 0) is 54.9 Å². The third-order valence-corrected chi connectivity index (χ3v) is 5.72. The molecule has 0 radical (unpaired) electrons. The van der Waals surface area contributed by atoms with Crippen LogP contribution in [0.25, 0.3) is 0 Å². The summed E-state index contributed by atoms with van der Waals surface area (Å²) in [6.45, 7) is 5.08. The fourth-order valence-electron chi connectivity index (χ4n) is 3.34. The van der Waals surface area contributed by atoms with Crippen LogP contribution in [0.1, 0.15) is 28.2 Å². The van der Waals surface area contributed by atoms with Gasteiger partial charge in [0.05, 0.1) is 13.2 Å². The van der Waals surface area contributed by atoms with E-state index < -0.39 is 0 Å². The van der Waals surface area contributed by atoms with E-state index in [0.717, 1.165) is 56.4 Å². The van der Waals surface area contributed by atoms with Gasteiger partial charge >= 0.3 is 0 Å². The van der Waals surface area contributed by atoms with Gasteiger partial charge in [-0.25, -0.2) is 4.39 Å². The van der Waals surface area contributed by atoms with Crippen LogP contribution in [-0.2, 0) is 11.2 Å². The Morgan fingerprint density at radius 2 is 1.88 bits per heavy atom. The van der Waals surface area contributed by atoms with Crippen LogP contribution >= 0.6 is 11.5 Å². The Morgan fingerprint density at radius 3 is 2.62 bits per heavy atom. The minimum atomic E-state index is -0.269. The molecular weight excluding hydrogens is 431 g/mol. The number of carbonyl (C=O) groups excluding carboxylic acids is 1. The summed E-state index contributed by atoms with van der Waals surface area (Å²) in [5.74, 6) is 0.827. The molecule has 7 nitrogen and oxygen atoms in total. The highest BCUT2D eigenvalue weighted by Crippen LogP contribution is 2.24. The summed E-state index contributed by atoms with van der Waals surface area (Å²) in [5.41, 5.74) is 1.51. The van der Waals surface area contributed by atoms with Crippen molar-refractivity contribution in [2.75, 3.05) is 39.4 Å². The van der Waals surface area contributed by atoms with Gasteiger partial charge in [-0.2, -0.15) is 9.36 Å². The first-order valence-corrected chi connectivity index (χ1v) is 11.4. The molecule has 0 unspecified atom stereocenters. The number of carbonyl (C=O) groups is 1. The second kappa shape index (κ2) is 11.1. The molecule has 1 saturated heterocycles. The fourth-order valence-corrected chi connectivity index (χ4v) is 3.91. The van der Waals surface area contributed by atoms with Crippen molar-refractivity contribution in [2.24, 2.45) is 0 Å². The molecule has 4 rings (SSSR count). The third kappa shape index (κ3) is 6.56. The van der Waals surface area contributed by atoms with Crippen molar-refractivity contribution in [1.82, 2.24) is 19.6 Å². The van der Waals surface area contributed by atoms with E-state index in [0.29, 0.717) is 35.3 Å². The van der Waals surface area contributed by atoms with Crippen molar-refractivity contribution in [3.8, 4) is 10.9 Å². The van der Waals surface area contributed by atoms with Crippen molar-refractivity contribution in [3.63, 3.8) is 0 Å². The lowest BCUT2D eigenvalue weighted by Gasteiger charge is -2.26. The number of ether oxygens (including phenoxy) is 2. The van der Waals surface area contributed by atoms with Gasteiger partial charge in [-0.3, -0.25) is 9.69 Å². The Labute approximate surface area is 190 Å². The van der Waals surface area contributed by atoms with Crippen molar-refractivity contribution >= 4 is 17.4 Å². The standard InChI is InChI=1S/C23H25FN4O3S/c24-19-6-2-17(3-7-19)16-21-26-23(32-27-21)31-20-8-4-18(5-9-20)22(29)25-10-1-11-28-12-14-30-15-13-28/h2-9H,1,10-16H2,(H,25,29). The predicted molar refractivity (Wildman–Crippen MR) is 120 cm³/mol. The summed E-state index contributed by atoms with van der Waals surface area (Å²) in [4.78, 5) is 19.1. The lowest BCUT2D eigenvalue weighted by Crippen LogP contribution is -2.38. The van der Waals surface area contributed by atoms with E-state index in [-0.39, 0.29) is 11.7 Å². The van der Waals surface area contributed by atoms with Gasteiger partial charge in [0.2, 0.25) is 0 Å². The Morgan fingerprint density at radius 1 is 1.12 bits per heavy atom.